The number of likely N-dealkylation sites (N-methyl/N-ethyl adjacent to an activating group) is 1. The zero-order valence-electron chi connectivity index (χ0n) is 15.4. The van der Waals surface area contributed by atoms with E-state index < -0.39 is 15.9 Å². The lowest BCUT2D eigenvalue weighted by molar-refractivity contribution is -0.116. The number of hydrogen-bond donors (Lipinski definition) is 2. The van der Waals surface area contributed by atoms with Gasteiger partial charge < -0.3 is 5.32 Å². The fourth-order valence-corrected chi connectivity index (χ4v) is 4.14. The summed E-state index contributed by atoms with van der Waals surface area (Å²) in [6, 6.07) is 8.01. The maximum atomic E-state index is 12.5. The van der Waals surface area contributed by atoms with Gasteiger partial charge in [-0.2, -0.15) is 14.4 Å². The van der Waals surface area contributed by atoms with Crippen LogP contribution in [0.15, 0.2) is 35.2 Å². The lowest BCUT2D eigenvalue weighted by atomic mass is 9.98. The highest BCUT2D eigenvalue weighted by Gasteiger charge is 2.24. The van der Waals surface area contributed by atoms with Crippen molar-refractivity contribution in [1.82, 2.24) is 24.4 Å². The molecule has 2 aromatic rings. The molecule has 10 heteroatoms. The molecule has 0 atom stereocenters. The molecule has 3 rings (SSSR count). The van der Waals surface area contributed by atoms with E-state index in [1.165, 1.54) is 23.9 Å². The number of carbonyl (C=O) groups is 1. The van der Waals surface area contributed by atoms with Crippen molar-refractivity contribution < 1.29 is 13.2 Å². The molecule has 2 heterocycles. The van der Waals surface area contributed by atoms with Crippen molar-refractivity contribution >= 4 is 21.9 Å². The summed E-state index contributed by atoms with van der Waals surface area (Å²) < 4.78 is 27.5. The molecule has 1 fully saturated rings. The van der Waals surface area contributed by atoms with Crippen LogP contribution in [0, 0.1) is 0 Å². The Morgan fingerprint density at radius 3 is 2.63 bits per heavy atom. The summed E-state index contributed by atoms with van der Waals surface area (Å²) in [7, 11) is -0.646. The first-order valence-electron chi connectivity index (χ1n) is 8.81. The molecule has 0 saturated carbocycles. The molecule has 1 aliphatic rings. The number of rotatable bonds is 6. The second kappa shape index (κ2) is 8.15. The average Bonchev–Trinajstić information content (AvgIpc) is 3.03. The van der Waals surface area contributed by atoms with Crippen LogP contribution < -0.4 is 10.6 Å². The molecule has 1 amide bonds. The lowest BCUT2D eigenvalue weighted by Crippen LogP contribution is -2.35. The van der Waals surface area contributed by atoms with Crippen molar-refractivity contribution in [1.29, 1.82) is 0 Å². The third-order valence-electron chi connectivity index (χ3n) is 4.55. The van der Waals surface area contributed by atoms with Crippen molar-refractivity contribution in [3.63, 3.8) is 0 Å². The number of aryl methyl sites for hydroxylation is 1. The first kappa shape index (κ1) is 19.5. The molecule has 9 nitrogen and oxygen atoms in total. The van der Waals surface area contributed by atoms with Gasteiger partial charge >= 0.3 is 0 Å². The molecule has 1 aliphatic heterocycles. The highest BCUT2D eigenvalue weighted by molar-refractivity contribution is 7.89. The van der Waals surface area contributed by atoms with Gasteiger partial charge in [-0.05, 0) is 38.1 Å². The summed E-state index contributed by atoms with van der Waals surface area (Å²) in [6.45, 7) is 1.53. The van der Waals surface area contributed by atoms with Crippen LogP contribution in [0.5, 0.6) is 0 Å². The normalized spacial score (nSPS) is 15.8. The van der Waals surface area contributed by atoms with Crippen LogP contribution in [-0.4, -0.2) is 60.1 Å². The maximum Gasteiger partial charge on any atom is 0.243 e. The minimum absolute atomic E-state index is 0.146. The van der Waals surface area contributed by atoms with Crippen LogP contribution in [0.1, 0.15) is 24.6 Å². The molecule has 27 heavy (non-hydrogen) atoms. The van der Waals surface area contributed by atoms with E-state index in [-0.39, 0.29) is 17.4 Å². The topological polar surface area (TPSA) is 109 Å². The van der Waals surface area contributed by atoms with Gasteiger partial charge in [0.15, 0.2) is 5.82 Å². The van der Waals surface area contributed by atoms with E-state index in [4.69, 9.17) is 0 Å². The van der Waals surface area contributed by atoms with Gasteiger partial charge in [-0.3, -0.25) is 10.1 Å². The number of piperidine rings is 1. The molecule has 0 unspecified atom stereocenters. The fourth-order valence-electron chi connectivity index (χ4n) is 2.99. The molecule has 0 spiro atoms. The second-order valence-electron chi connectivity index (χ2n) is 6.56. The number of nitrogens with one attached hydrogen (secondary N) is 2. The van der Waals surface area contributed by atoms with Crippen LogP contribution in [0.3, 0.4) is 0 Å². The number of anilines is 1. The summed E-state index contributed by atoms with van der Waals surface area (Å²) in [4.78, 5) is 16.9. The number of nitrogens with zero attached hydrogens (tertiary/aromatic N) is 4. The molecule has 0 bridgehead atoms. The van der Waals surface area contributed by atoms with E-state index in [0.717, 1.165) is 30.2 Å². The molecule has 1 aromatic carbocycles. The van der Waals surface area contributed by atoms with Crippen molar-refractivity contribution in [2.75, 3.05) is 32.0 Å². The van der Waals surface area contributed by atoms with E-state index in [1.807, 2.05) is 0 Å². The van der Waals surface area contributed by atoms with Crippen molar-refractivity contribution in [2.45, 2.75) is 23.7 Å². The summed E-state index contributed by atoms with van der Waals surface area (Å²) in [6.07, 6.45) is 1.91. The number of carbonyl (C=O) groups excluding carboxylic acids is 1. The van der Waals surface area contributed by atoms with Gasteiger partial charge in [-0.15, -0.1) is 0 Å². The Balaban J connectivity index is 1.64. The largest absolute Gasteiger partial charge is 0.317 e. The quantitative estimate of drug-likeness (QED) is 0.743. The molecule has 146 valence electrons. The number of hydrogen-bond acceptors (Lipinski definition) is 6. The lowest BCUT2D eigenvalue weighted by Gasteiger charge is -2.19. The van der Waals surface area contributed by atoms with Crippen LogP contribution in [0.2, 0.25) is 0 Å². The molecule has 0 aliphatic carbocycles. The van der Waals surface area contributed by atoms with Crippen molar-refractivity contribution in [3.8, 4) is 0 Å². The highest BCUT2D eigenvalue weighted by atomic mass is 32.2. The summed E-state index contributed by atoms with van der Waals surface area (Å²) >= 11 is 0. The van der Waals surface area contributed by atoms with Gasteiger partial charge in [0.25, 0.3) is 0 Å². The molecule has 0 radical (unpaired) electrons. The van der Waals surface area contributed by atoms with E-state index in [9.17, 15) is 13.2 Å². The monoisotopic (exact) mass is 392 g/mol. The summed E-state index contributed by atoms with van der Waals surface area (Å²) in [5.74, 6) is 0.826. The maximum absolute atomic E-state index is 12.5. The molecule has 1 aromatic heterocycles. The van der Waals surface area contributed by atoms with E-state index in [0.29, 0.717) is 11.8 Å². The molecular formula is C17H24N6O3S. The predicted molar refractivity (Wildman–Crippen MR) is 101 cm³/mol. The summed E-state index contributed by atoms with van der Waals surface area (Å²) in [5, 5.41) is 10.3. The van der Waals surface area contributed by atoms with Crippen molar-refractivity contribution in [3.05, 3.63) is 36.2 Å². The van der Waals surface area contributed by atoms with Gasteiger partial charge in [-0.1, -0.05) is 18.2 Å². The van der Waals surface area contributed by atoms with Gasteiger partial charge in [0.2, 0.25) is 21.9 Å². The molecular weight excluding hydrogens is 368 g/mol. The highest BCUT2D eigenvalue weighted by Crippen LogP contribution is 2.23. The number of benzene rings is 1. The van der Waals surface area contributed by atoms with Crippen molar-refractivity contribution in [2.24, 2.45) is 7.05 Å². The first-order chi connectivity index (χ1) is 12.9. The standard InChI is InChI=1S/C17H24N6O3S/c1-22(27(25,26)14-6-4-3-5-7-14)12-15(24)19-17-20-16(21-23(17)2)13-8-10-18-11-9-13/h3-7,13,18H,8-12H2,1-2H3,(H,19,20,21,24). The molecule has 2 N–H and O–H groups in total. The van der Waals surface area contributed by atoms with Gasteiger partial charge in [0.1, 0.15) is 0 Å². The second-order valence-corrected chi connectivity index (χ2v) is 8.61. The Bertz CT molecular complexity index is 891. The van der Waals surface area contributed by atoms with E-state index >= 15 is 0 Å². The fraction of sp³-hybridized carbons (Fsp3) is 0.471. The van der Waals surface area contributed by atoms with E-state index in [1.54, 1.807) is 25.2 Å². The van der Waals surface area contributed by atoms with E-state index in [2.05, 4.69) is 20.7 Å². The molecule has 1 saturated heterocycles. The van der Waals surface area contributed by atoms with Gasteiger partial charge in [-0.25, -0.2) is 13.1 Å². The Kier molecular flexibility index (Phi) is 5.88. The summed E-state index contributed by atoms with van der Waals surface area (Å²) in [5.41, 5.74) is 0. The number of sulfonamides is 1. The minimum atomic E-state index is -3.73. The van der Waals surface area contributed by atoms with Crippen LogP contribution >= 0.6 is 0 Å². The average molecular weight is 392 g/mol. The smallest absolute Gasteiger partial charge is 0.243 e. The Hall–Kier alpha value is -2.30. The van der Waals surface area contributed by atoms with Gasteiger partial charge in [0.05, 0.1) is 11.4 Å². The Morgan fingerprint density at radius 1 is 1.30 bits per heavy atom. The Morgan fingerprint density at radius 2 is 1.96 bits per heavy atom. The third-order valence-corrected chi connectivity index (χ3v) is 6.37. The van der Waals surface area contributed by atoms with Crippen LogP contribution in [0.25, 0.3) is 0 Å². The van der Waals surface area contributed by atoms with Crippen LogP contribution in [-0.2, 0) is 21.9 Å². The third kappa shape index (κ3) is 4.52. The van der Waals surface area contributed by atoms with Gasteiger partial charge in [0, 0.05) is 20.0 Å². The Labute approximate surface area is 158 Å². The SMILES string of the molecule is CN(CC(=O)Nc1nc(C2CCNCC2)nn1C)S(=O)(=O)c1ccccc1. The minimum Gasteiger partial charge on any atom is -0.317 e. The zero-order valence-corrected chi connectivity index (χ0v) is 16.2. The first-order valence-corrected chi connectivity index (χ1v) is 10.2. The number of amides is 1. The van der Waals surface area contributed by atoms with Crippen LogP contribution in [0.4, 0.5) is 5.95 Å². The number of aromatic nitrogens is 3. The predicted octanol–water partition coefficient (Wildman–Crippen LogP) is 0.541. The zero-order chi connectivity index (χ0) is 19.4.